The summed E-state index contributed by atoms with van der Waals surface area (Å²) in [5.41, 5.74) is 0. The van der Waals surface area contributed by atoms with Gasteiger partial charge in [-0.05, 0) is 24.5 Å². The first kappa shape index (κ1) is 13.4. The van der Waals surface area contributed by atoms with Gasteiger partial charge in [0.1, 0.15) is 16.5 Å². The van der Waals surface area contributed by atoms with Crippen LogP contribution in [0.15, 0.2) is 23.1 Å². The lowest BCUT2D eigenvalue weighted by molar-refractivity contribution is 0.233. The standard InChI is InChI=1S/C11H13F2NO3S/c12-9-1-2-11(10(13)5-9)18(16,17)14-4-3-8(6-14)7-15/h1-2,5,8,15H,3-4,6-7H2. The van der Waals surface area contributed by atoms with Crippen LogP contribution in [0.1, 0.15) is 6.42 Å². The smallest absolute Gasteiger partial charge is 0.245 e. The van der Waals surface area contributed by atoms with Crippen molar-refractivity contribution in [3.05, 3.63) is 29.8 Å². The minimum Gasteiger partial charge on any atom is -0.396 e. The van der Waals surface area contributed by atoms with Crippen molar-refractivity contribution in [2.75, 3.05) is 19.7 Å². The number of rotatable bonds is 3. The molecule has 0 radical (unpaired) electrons. The second-order valence-corrected chi connectivity index (χ2v) is 6.18. The maximum Gasteiger partial charge on any atom is 0.245 e. The molecule has 1 fully saturated rings. The summed E-state index contributed by atoms with van der Waals surface area (Å²) in [7, 11) is -3.95. The first-order valence-electron chi connectivity index (χ1n) is 5.51. The minimum atomic E-state index is -3.95. The van der Waals surface area contributed by atoms with Crippen LogP contribution in [-0.4, -0.2) is 37.5 Å². The van der Waals surface area contributed by atoms with Gasteiger partial charge in [-0.3, -0.25) is 0 Å². The zero-order valence-corrected chi connectivity index (χ0v) is 10.3. The second kappa shape index (κ2) is 4.91. The second-order valence-electron chi connectivity index (χ2n) is 4.28. The molecular weight excluding hydrogens is 264 g/mol. The van der Waals surface area contributed by atoms with Gasteiger partial charge in [0, 0.05) is 25.8 Å². The van der Waals surface area contributed by atoms with Gasteiger partial charge in [0.25, 0.3) is 0 Å². The Morgan fingerprint density at radius 2 is 2.11 bits per heavy atom. The Kier molecular flexibility index (Phi) is 3.65. The molecule has 1 aliphatic rings. The molecule has 1 atom stereocenters. The minimum absolute atomic E-state index is 0.0993. The van der Waals surface area contributed by atoms with Crippen LogP contribution in [0.5, 0.6) is 0 Å². The number of aliphatic hydroxyl groups is 1. The molecule has 1 N–H and O–H groups in total. The molecule has 1 aromatic carbocycles. The summed E-state index contributed by atoms with van der Waals surface area (Å²) in [6, 6.07) is 2.38. The Morgan fingerprint density at radius 3 is 2.67 bits per heavy atom. The summed E-state index contributed by atoms with van der Waals surface area (Å²) in [6.07, 6.45) is 0.540. The number of benzene rings is 1. The lowest BCUT2D eigenvalue weighted by Crippen LogP contribution is -2.30. The van der Waals surface area contributed by atoms with Crippen LogP contribution in [0.25, 0.3) is 0 Å². The highest BCUT2D eigenvalue weighted by Crippen LogP contribution is 2.25. The molecule has 4 nitrogen and oxygen atoms in total. The van der Waals surface area contributed by atoms with Crippen LogP contribution in [0.4, 0.5) is 8.78 Å². The molecule has 18 heavy (non-hydrogen) atoms. The number of nitrogens with zero attached hydrogens (tertiary/aromatic N) is 1. The Bertz CT molecular complexity index is 547. The molecule has 7 heteroatoms. The zero-order valence-electron chi connectivity index (χ0n) is 9.51. The van der Waals surface area contributed by atoms with Crippen molar-refractivity contribution < 1.29 is 22.3 Å². The van der Waals surface area contributed by atoms with E-state index in [1.165, 1.54) is 0 Å². The van der Waals surface area contributed by atoms with E-state index in [0.29, 0.717) is 12.5 Å². The van der Waals surface area contributed by atoms with Crippen LogP contribution >= 0.6 is 0 Å². The van der Waals surface area contributed by atoms with Gasteiger partial charge in [-0.15, -0.1) is 0 Å². The van der Waals surface area contributed by atoms with E-state index in [0.717, 1.165) is 16.4 Å². The fourth-order valence-electron chi connectivity index (χ4n) is 1.99. The molecule has 100 valence electrons. The third-order valence-electron chi connectivity index (χ3n) is 3.02. The average molecular weight is 277 g/mol. The van der Waals surface area contributed by atoms with Gasteiger partial charge >= 0.3 is 0 Å². The van der Waals surface area contributed by atoms with Crippen LogP contribution in [-0.2, 0) is 10.0 Å². The van der Waals surface area contributed by atoms with Crippen molar-refractivity contribution in [3.63, 3.8) is 0 Å². The average Bonchev–Trinajstić information content (AvgIpc) is 2.77. The quantitative estimate of drug-likeness (QED) is 0.895. The van der Waals surface area contributed by atoms with Gasteiger partial charge < -0.3 is 5.11 Å². The zero-order chi connectivity index (χ0) is 13.3. The normalized spacial score (nSPS) is 21.4. The van der Waals surface area contributed by atoms with Gasteiger partial charge in [0.05, 0.1) is 0 Å². The molecule has 0 spiro atoms. The van der Waals surface area contributed by atoms with Gasteiger partial charge in [-0.25, -0.2) is 17.2 Å². The van der Waals surface area contributed by atoms with Crippen LogP contribution < -0.4 is 0 Å². The Labute approximate surface area is 104 Å². The molecule has 2 rings (SSSR count). The summed E-state index contributed by atoms with van der Waals surface area (Å²) in [5, 5.41) is 8.97. The predicted octanol–water partition coefficient (Wildman–Crippen LogP) is 0.968. The SMILES string of the molecule is O=S(=O)(c1ccc(F)cc1F)N1CCC(CO)C1. The van der Waals surface area contributed by atoms with Crippen molar-refractivity contribution >= 4 is 10.0 Å². The van der Waals surface area contributed by atoms with E-state index in [4.69, 9.17) is 5.11 Å². The number of hydrogen-bond donors (Lipinski definition) is 1. The van der Waals surface area contributed by atoms with Crippen LogP contribution in [0.3, 0.4) is 0 Å². The van der Waals surface area contributed by atoms with E-state index in [9.17, 15) is 17.2 Å². The van der Waals surface area contributed by atoms with Crippen LogP contribution in [0.2, 0.25) is 0 Å². The number of hydrogen-bond acceptors (Lipinski definition) is 3. The maximum atomic E-state index is 13.5. The molecule has 1 aromatic rings. The highest BCUT2D eigenvalue weighted by Gasteiger charge is 2.33. The highest BCUT2D eigenvalue weighted by atomic mass is 32.2. The van der Waals surface area contributed by atoms with E-state index < -0.39 is 26.6 Å². The first-order valence-corrected chi connectivity index (χ1v) is 6.95. The molecule has 0 saturated carbocycles. The Hall–Kier alpha value is -1.05. The summed E-state index contributed by atoms with van der Waals surface area (Å²) in [5.74, 6) is -2.04. The lowest BCUT2D eigenvalue weighted by atomic mass is 10.1. The Morgan fingerprint density at radius 1 is 1.39 bits per heavy atom. The van der Waals surface area contributed by atoms with Crippen molar-refractivity contribution in [1.82, 2.24) is 4.31 Å². The molecule has 1 heterocycles. The number of aliphatic hydroxyl groups excluding tert-OH is 1. The summed E-state index contributed by atoms with van der Waals surface area (Å²) >= 11 is 0. The number of halogens is 2. The maximum absolute atomic E-state index is 13.5. The van der Waals surface area contributed by atoms with Crippen molar-refractivity contribution in [2.24, 2.45) is 5.92 Å². The third kappa shape index (κ3) is 2.38. The summed E-state index contributed by atoms with van der Waals surface area (Å²) < 4.78 is 51.6. The van der Waals surface area contributed by atoms with Crippen LogP contribution in [0, 0.1) is 17.6 Å². The summed E-state index contributed by atoms with van der Waals surface area (Å²) in [4.78, 5) is -0.525. The monoisotopic (exact) mass is 277 g/mol. The molecule has 1 unspecified atom stereocenters. The van der Waals surface area contributed by atoms with E-state index in [1.54, 1.807) is 0 Å². The predicted molar refractivity (Wildman–Crippen MR) is 60.3 cm³/mol. The molecule has 1 saturated heterocycles. The van der Waals surface area contributed by atoms with Gasteiger partial charge in [0.2, 0.25) is 10.0 Å². The molecule has 0 aromatic heterocycles. The first-order chi connectivity index (χ1) is 8.45. The van der Waals surface area contributed by atoms with E-state index in [-0.39, 0.29) is 25.6 Å². The van der Waals surface area contributed by atoms with Gasteiger partial charge in [-0.2, -0.15) is 4.31 Å². The molecule has 0 aliphatic carbocycles. The fraction of sp³-hybridized carbons (Fsp3) is 0.455. The Balaban J connectivity index is 2.31. The van der Waals surface area contributed by atoms with Crippen molar-refractivity contribution in [2.45, 2.75) is 11.3 Å². The molecule has 0 bridgehead atoms. The lowest BCUT2D eigenvalue weighted by Gasteiger charge is -2.16. The topological polar surface area (TPSA) is 57.6 Å². The summed E-state index contributed by atoms with van der Waals surface area (Å²) in [6.45, 7) is 0.304. The van der Waals surface area contributed by atoms with Crippen molar-refractivity contribution in [3.8, 4) is 0 Å². The molecule has 0 amide bonds. The highest BCUT2D eigenvalue weighted by molar-refractivity contribution is 7.89. The largest absolute Gasteiger partial charge is 0.396 e. The van der Waals surface area contributed by atoms with Crippen molar-refractivity contribution in [1.29, 1.82) is 0 Å². The van der Waals surface area contributed by atoms with Gasteiger partial charge in [-0.1, -0.05) is 0 Å². The van der Waals surface area contributed by atoms with E-state index in [2.05, 4.69) is 0 Å². The number of sulfonamides is 1. The van der Waals surface area contributed by atoms with E-state index in [1.807, 2.05) is 0 Å². The van der Waals surface area contributed by atoms with Gasteiger partial charge in [0.15, 0.2) is 0 Å². The third-order valence-corrected chi connectivity index (χ3v) is 4.92. The van der Waals surface area contributed by atoms with E-state index >= 15 is 0 Å². The fourth-order valence-corrected chi connectivity index (χ4v) is 3.56. The molecule has 1 aliphatic heterocycles. The molecular formula is C11H13F2NO3S.